The molecule has 1 aromatic heterocycles. The summed E-state index contributed by atoms with van der Waals surface area (Å²) in [5.41, 5.74) is 8.12. The Morgan fingerprint density at radius 1 is 0.920 bits per heavy atom. The van der Waals surface area contributed by atoms with Gasteiger partial charge in [0.2, 0.25) is 5.95 Å². The van der Waals surface area contributed by atoms with Crippen molar-refractivity contribution in [2.75, 3.05) is 49.9 Å². The van der Waals surface area contributed by atoms with Crippen LogP contribution in [0, 0.1) is 0 Å². The number of nitrogen functional groups attached to an aromatic ring is 1. The summed E-state index contributed by atoms with van der Waals surface area (Å²) in [7, 11) is 0. The molecule has 0 radical (unpaired) electrons. The number of fused-ring (bicyclic) bond motifs is 1. The van der Waals surface area contributed by atoms with Crippen LogP contribution in [0.3, 0.4) is 0 Å². The minimum Gasteiger partial charge on any atom is -0.368 e. The minimum absolute atomic E-state index is 0.179. The van der Waals surface area contributed by atoms with Crippen LogP contribution in [0.4, 0.5) is 16.6 Å². The number of piperidine rings is 1. The highest BCUT2D eigenvalue weighted by Crippen LogP contribution is 2.27. The smallest absolute Gasteiger partial charge is 0.320 e. The van der Waals surface area contributed by atoms with E-state index in [0.29, 0.717) is 12.5 Å². The maximum absolute atomic E-state index is 12.8. The third-order valence-corrected chi connectivity index (χ3v) is 5.35. The summed E-state index contributed by atoms with van der Waals surface area (Å²) >= 11 is 0. The average molecular weight is 342 g/mol. The average Bonchev–Trinajstić information content (AvgIpc) is 3.09. The van der Waals surface area contributed by atoms with Crippen molar-refractivity contribution in [1.82, 2.24) is 19.8 Å². The van der Waals surface area contributed by atoms with Gasteiger partial charge in [0.25, 0.3) is 0 Å². The van der Waals surface area contributed by atoms with Crippen molar-refractivity contribution < 1.29 is 4.79 Å². The number of amides is 2. The first kappa shape index (κ1) is 16.2. The molecule has 0 atom stereocenters. The summed E-state index contributed by atoms with van der Waals surface area (Å²) in [5.74, 6) is 1.27. The molecule has 134 valence electrons. The number of aromatic nitrogens is 2. The van der Waals surface area contributed by atoms with Crippen LogP contribution in [0.1, 0.15) is 30.5 Å². The number of likely N-dealkylation sites (tertiary alicyclic amines) is 1. The van der Waals surface area contributed by atoms with Crippen molar-refractivity contribution in [1.29, 1.82) is 0 Å². The quantitative estimate of drug-likeness (QED) is 0.782. The second-order valence-electron chi connectivity index (χ2n) is 7.02. The predicted molar refractivity (Wildman–Crippen MR) is 97.6 cm³/mol. The van der Waals surface area contributed by atoms with Crippen molar-refractivity contribution in [3.05, 3.63) is 23.4 Å². The number of nitrogens with zero attached hydrogens (tertiary/aromatic N) is 5. The molecule has 25 heavy (non-hydrogen) atoms. The lowest BCUT2D eigenvalue weighted by molar-refractivity contribution is 0.145. The maximum atomic E-state index is 12.8. The van der Waals surface area contributed by atoms with Gasteiger partial charge in [-0.2, -0.15) is 4.98 Å². The molecule has 2 N–H and O–H groups in total. The Labute approximate surface area is 148 Å². The lowest BCUT2D eigenvalue weighted by atomic mass is 10.1. The molecule has 2 amide bonds. The zero-order valence-electron chi connectivity index (χ0n) is 14.7. The van der Waals surface area contributed by atoms with Crippen LogP contribution < -0.4 is 10.6 Å². The van der Waals surface area contributed by atoms with Gasteiger partial charge in [-0.1, -0.05) is 12.2 Å². The van der Waals surface area contributed by atoms with Crippen LogP contribution in [0.5, 0.6) is 0 Å². The van der Waals surface area contributed by atoms with E-state index in [2.05, 4.69) is 27.0 Å². The number of hydrogen-bond acceptors (Lipinski definition) is 5. The lowest BCUT2D eigenvalue weighted by Gasteiger charge is -2.32. The van der Waals surface area contributed by atoms with Crippen molar-refractivity contribution in [2.45, 2.75) is 32.1 Å². The highest BCUT2D eigenvalue weighted by molar-refractivity contribution is 5.75. The second-order valence-corrected chi connectivity index (χ2v) is 7.02. The fraction of sp³-hybridized carbons (Fsp3) is 0.611. The summed E-state index contributed by atoms with van der Waals surface area (Å²) in [6, 6.07) is 0.179. The van der Waals surface area contributed by atoms with Gasteiger partial charge < -0.3 is 20.4 Å². The Morgan fingerprint density at radius 2 is 1.60 bits per heavy atom. The molecule has 0 unspecified atom stereocenters. The van der Waals surface area contributed by atoms with Crippen LogP contribution in [0.25, 0.3) is 0 Å². The number of carbonyl (C=O) groups is 1. The van der Waals surface area contributed by atoms with E-state index in [1.807, 2.05) is 9.80 Å². The number of anilines is 2. The van der Waals surface area contributed by atoms with E-state index in [1.165, 1.54) is 6.42 Å². The second kappa shape index (κ2) is 6.90. The van der Waals surface area contributed by atoms with E-state index >= 15 is 0 Å². The van der Waals surface area contributed by atoms with E-state index in [1.54, 1.807) is 0 Å². The fourth-order valence-corrected chi connectivity index (χ4v) is 3.99. The number of hydrogen-bond donors (Lipinski definition) is 1. The fourth-order valence-electron chi connectivity index (χ4n) is 3.99. The molecule has 0 saturated carbocycles. The first-order chi connectivity index (χ1) is 12.2. The highest BCUT2D eigenvalue weighted by atomic mass is 16.2. The lowest BCUT2D eigenvalue weighted by Crippen LogP contribution is -2.46. The molecule has 4 rings (SSSR count). The molecule has 0 aliphatic carbocycles. The number of nitrogens with two attached hydrogens (primary N) is 1. The predicted octanol–water partition coefficient (Wildman–Crippen LogP) is 1.44. The van der Waals surface area contributed by atoms with Gasteiger partial charge in [-0.3, -0.25) is 0 Å². The third-order valence-electron chi connectivity index (χ3n) is 5.35. The van der Waals surface area contributed by atoms with Crippen LogP contribution >= 0.6 is 0 Å². The first-order valence-corrected chi connectivity index (χ1v) is 9.31. The molecule has 1 fully saturated rings. The topological polar surface area (TPSA) is 78.6 Å². The highest BCUT2D eigenvalue weighted by Gasteiger charge is 2.27. The van der Waals surface area contributed by atoms with Gasteiger partial charge in [-0.25, -0.2) is 9.78 Å². The third kappa shape index (κ3) is 3.27. The van der Waals surface area contributed by atoms with Gasteiger partial charge >= 0.3 is 6.03 Å². The monoisotopic (exact) mass is 342 g/mol. The van der Waals surface area contributed by atoms with Gasteiger partial charge in [-0.05, 0) is 25.7 Å². The van der Waals surface area contributed by atoms with Crippen LogP contribution in [-0.4, -0.2) is 65.1 Å². The molecule has 7 nitrogen and oxygen atoms in total. The Balaban J connectivity index is 1.53. The van der Waals surface area contributed by atoms with E-state index in [-0.39, 0.29) is 6.03 Å². The standard InChI is InChI=1S/C18H26N6O/c19-17-20-15-7-13-24(18(25)23-10-2-1-3-11-23)12-6-14(15)16(21-17)22-8-4-5-9-22/h4-5H,1-3,6-13H2,(H2,19,20,21). The zero-order valence-corrected chi connectivity index (χ0v) is 14.7. The molecule has 3 aliphatic rings. The Morgan fingerprint density at radius 3 is 2.36 bits per heavy atom. The Bertz CT molecular complexity index is 674. The molecule has 0 aromatic carbocycles. The summed E-state index contributed by atoms with van der Waals surface area (Å²) in [6.45, 7) is 4.93. The van der Waals surface area contributed by atoms with Crippen LogP contribution in [0.15, 0.2) is 12.2 Å². The Hall–Kier alpha value is -2.31. The summed E-state index contributed by atoms with van der Waals surface area (Å²) < 4.78 is 0. The summed E-state index contributed by atoms with van der Waals surface area (Å²) in [5, 5.41) is 0. The maximum Gasteiger partial charge on any atom is 0.320 e. The molecule has 7 heteroatoms. The molecule has 1 aromatic rings. The van der Waals surface area contributed by atoms with E-state index in [4.69, 9.17) is 5.73 Å². The van der Waals surface area contributed by atoms with E-state index in [0.717, 1.165) is 75.5 Å². The number of carbonyl (C=O) groups excluding carboxylic acids is 1. The minimum atomic E-state index is 0.179. The van der Waals surface area contributed by atoms with Gasteiger partial charge in [0.05, 0.1) is 5.69 Å². The van der Waals surface area contributed by atoms with Crippen molar-refractivity contribution in [3.8, 4) is 0 Å². The molecular formula is C18H26N6O. The molecule has 4 heterocycles. The SMILES string of the molecule is Nc1nc2c(c(N3CC=CC3)n1)CCN(C(=O)N1CCCCC1)CC2. The van der Waals surface area contributed by atoms with Gasteiger partial charge in [0, 0.05) is 51.3 Å². The van der Waals surface area contributed by atoms with Gasteiger partial charge in [-0.15, -0.1) is 0 Å². The van der Waals surface area contributed by atoms with Crippen molar-refractivity contribution >= 4 is 17.8 Å². The number of rotatable bonds is 1. The molecule has 3 aliphatic heterocycles. The van der Waals surface area contributed by atoms with Crippen LogP contribution in [0.2, 0.25) is 0 Å². The molecule has 1 saturated heterocycles. The van der Waals surface area contributed by atoms with Crippen LogP contribution in [-0.2, 0) is 12.8 Å². The zero-order chi connectivity index (χ0) is 17.2. The molecule has 0 bridgehead atoms. The summed E-state index contributed by atoms with van der Waals surface area (Å²) in [4.78, 5) is 28.0. The van der Waals surface area contributed by atoms with Gasteiger partial charge in [0.15, 0.2) is 0 Å². The first-order valence-electron chi connectivity index (χ1n) is 9.31. The van der Waals surface area contributed by atoms with Crippen molar-refractivity contribution in [3.63, 3.8) is 0 Å². The summed E-state index contributed by atoms with van der Waals surface area (Å²) in [6.07, 6.45) is 9.30. The Kier molecular flexibility index (Phi) is 4.46. The largest absolute Gasteiger partial charge is 0.368 e. The molecular weight excluding hydrogens is 316 g/mol. The molecule has 0 spiro atoms. The van der Waals surface area contributed by atoms with E-state index in [9.17, 15) is 4.79 Å². The number of urea groups is 1. The van der Waals surface area contributed by atoms with Gasteiger partial charge in [0.1, 0.15) is 5.82 Å². The van der Waals surface area contributed by atoms with E-state index < -0.39 is 0 Å². The normalized spacial score (nSPS) is 20.6. The van der Waals surface area contributed by atoms with Crippen molar-refractivity contribution in [2.24, 2.45) is 0 Å².